The Labute approximate surface area is 216 Å². The van der Waals surface area contributed by atoms with Crippen molar-refractivity contribution in [3.63, 3.8) is 0 Å². The number of amides is 2. The smallest absolute Gasteiger partial charge is 0.404 e. The van der Waals surface area contributed by atoms with E-state index in [1.54, 1.807) is 84.9 Å². The molecule has 2 aromatic carbocycles. The molecule has 10 heteroatoms. The largest absolute Gasteiger partial charge is 0.417 e. The van der Waals surface area contributed by atoms with E-state index in [0.29, 0.717) is 21.4 Å². The lowest BCUT2D eigenvalue weighted by Gasteiger charge is -2.16. The van der Waals surface area contributed by atoms with Gasteiger partial charge in [0, 0.05) is 33.8 Å². The Kier molecular flexibility index (Phi) is 8.12. The normalized spacial score (nSPS) is 11.2. The zero-order chi connectivity index (χ0) is 25.3. The Hall–Kier alpha value is -4.40. The van der Waals surface area contributed by atoms with Crippen LogP contribution >= 0.6 is 23.2 Å². The first-order chi connectivity index (χ1) is 17.5. The summed E-state index contributed by atoms with van der Waals surface area (Å²) in [7, 11) is 0. The number of rotatable bonds is 6. The SMILES string of the molecule is O=C(Nc1ccc(Cl)cc1)O/C(=C(/OC(=O)Nc1ccc(Cl)cc1)c1ccccn1)c1ccccn1. The molecule has 2 N–H and O–H groups in total. The highest BCUT2D eigenvalue weighted by molar-refractivity contribution is 6.31. The standard InChI is InChI=1S/C26H18Cl2N4O4/c27-17-7-11-19(12-8-17)31-25(33)35-23(21-5-1-3-15-29-21)24(22-6-2-4-16-30-22)36-26(34)32-20-13-9-18(28)10-14-20/h1-16H,(H,31,33)(H,32,34)/b24-23+. The van der Waals surface area contributed by atoms with E-state index >= 15 is 0 Å². The number of hydrogen-bond acceptors (Lipinski definition) is 6. The highest BCUT2D eigenvalue weighted by atomic mass is 35.5. The maximum Gasteiger partial charge on any atom is 0.417 e. The van der Waals surface area contributed by atoms with Crippen LogP contribution in [0.15, 0.2) is 97.3 Å². The number of benzene rings is 2. The van der Waals surface area contributed by atoms with Crippen LogP contribution in [0.5, 0.6) is 0 Å². The number of ether oxygens (including phenoxy) is 2. The lowest BCUT2D eigenvalue weighted by molar-refractivity contribution is 0.198. The van der Waals surface area contributed by atoms with Gasteiger partial charge in [0.1, 0.15) is 11.4 Å². The quantitative estimate of drug-likeness (QED) is 0.262. The van der Waals surface area contributed by atoms with E-state index in [1.807, 2.05) is 0 Å². The average Bonchev–Trinajstić information content (AvgIpc) is 2.90. The van der Waals surface area contributed by atoms with Gasteiger partial charge in [-0.2, -0.15) is 0 Å². The van der Waals surface area contributed by atoms with Crippen molar-refractivity contribution >= 4 is 58.3 Å². The van der Waals surface area contributed by atoms with Crippen LogP contribution in [0.25, 0.3) is 11.5 Å². The molecule has 0 aliphatic carbocycles. The number of halogens is 2. The van der Waals surface area contributed by atoms with Crippen LogP contribution in [0.2, 0.25) is 10.0 Å². The molecule has 0 saturated heterocycles. The Balaban J connectivity index is 1.69. The third-order valence-electron chi connectivity index (χ3n) is 4.57. The highest BCUT2D eigenvalue weighted by Gasteiger charge is 2.23. The summed E-state index contributed by atoms with van der Waals surface area (Å²) in [6, 6.07) is 23.0. The number of carbonyl (C=O) groups excluding carboxylic acids is 2. The van der Waals surface area contributed by atoms with Crippen LogP contribution in [0, 0.1) is 0 Å². The molecular weight excluding hydrogens is 503 g/mol. The number of aromatic nitrogens is 2. The molecular formula is C26H18Cl2N4O4. The third-order valence-corrected chi connectivity index (χ3v) is 5.08. The molecule has 0 saturated carbocycles. The predicted octanol–water partition coefficient (Wildman–Crippen LogP) is 7.11. The van der Waals surface area contributed by atoms with E-state index in [2.05, 4.69) is 20.6 Å². The number of hydrogen-bond donors (Lipinski definition) is 2. The van der Waals surface area contributed by atoms with Gasteiger partial charge in [-0.05, 0) is 72.8 Å². The van der Waals surface area contributed by atoms with Crippen molar-refractivity contribution in [2.75, 3.05) is 10.6 Å². The second kappa shape index (κ2) is 11.8. The average molecular weight is 521 g/mol. The molecule has 4 rings (SSSR count). The van der Waals surface area contributed by atoms with E-state index in [9.17, 15) is 9.59 Å². The summed E-state index contributed by atoms with van der Waals surface area (Å²) in [6.45, 7) is 0. The molecule has 36 heavy (non-hydrogen) atoms. The zero-order valence-corrected chi connectivity index (χ0v) is 20.0. The highest BCUT2D eigenvalue weighted by Crippen LogP contribution is 2.28. The minimum atomic E-state index is -0.840. The van der Waals surface area contributed by atoms with Crippen LogP contribution < -0.4 is 10.6 Å². The maximum absolute atomic E-state index is 12.8. The lowest BCUT2D eigenvalue weighted by Crippen LogP contribution is -2.18. The molecule has 2 heterocycles. The first-order valence-electron chi connectivity index (χ1n) is 10.5. The fourth-order valence-electron chi connectivity index (χ4n) is 2.96. The molecule has 0 unspecified atom stereocenters. The van der Waals surface area contributed by atoms with E-state index < -0.39 is 12.2 Å². The summed E-state index contributed by atoms with van der Waals surface area (Å²) in [6.07, 6.45) is 1.35. The van der Waals surface area contributed by atoms with Gasteiger partial charge in [-0.3, -0.25) is 20.6 Å². The minimum Gasteiger partial charge on any atom is -0.404 e. The molecule has 0 atom stereocenters. The zero-order valence-electron chi connectivity index (χ0n) is 18.5. The molecule has 0 aliphatic rings. The van der Waals surface area contributed by atoms with Gasteiger partial charge in [0.05, 0.1) is 0 Å². The number of pyridine rings is 2. The molecule has 0 fully saturated rings. The number of anilines is 2. The third kappa shape index (κ3) is 6.82. The fourth-order valence-corrected chi connectivity index (χ4v) is 3.21. The van der Waals surface area contributed by atoms with Crippen LogP contribution in [0.1, 0.15) is 11.4 Å². The maximum atomic E-state index is 12.8. The topological polar surface area (TPSA) is 102 Å². The van der Waals surface area contributed by atoms with Crippen molar-refractivity contribution < 1.29 is 19.1 Å². The second-order valence-corrected chi connectivity index (χ2v) is 8.00. The van der Waals surface area contributed by atoms with Gasteiger partial charge < -0.3 is 9.47 Å². The summed E-state index contributed by atoms with van der Waals surface area (Å²) in [5.41, 5.74) is 1.38. The van der Waals surface area contributed by atoms with E-state index in [4.69, 9.17) is 32.7 Å². The Morgan fingerprint density at radius 1 is 0.583 bits per heavy atom. The molecule has 0 bridgehead atoms. The number of carbonyl (C=O) groups is 2. The van der Waals surface area contributed by atoms with E-state index in [-0.39, 0.29) is 22.9 Å². The first kappa shape index (κ1) is 24.7. The van der Waals surface area contributed by atoms with Crippen LogP contribution in [-0.2, 0) is 9.47 Å². The molecule has 0 spiro atoms. The number of nitrogens with one attached hydrogen (secondary N) is 2. The lowest BCUT2D eigenvalue weighted by atomic mass is 10.2. The number of nitrogens with zero attached hydrogens (tertiary/aromatic N) is 2. The predicted molar refractivity (Wildman–Crippen MR) is 138 cm³/mol. The van der Waals surface area contributed by atoms with Gasteiger partial charge in [-0.25, -0.2) is 9.59 Å². The molecule has 0 aliphatic heterocycles. The van der Waals surface area contributed by atoms with Crippen molar-refractivity contribution in [3.8, 4) is 0 Å². The molecule has 0 radical (unpaired) electrons. The van der Waals surface area contributed by atoms with Crippen molar-refractivity contribution in [3.05, 3.63) is 119 Å². The van der Waals surface area contributed by atoms with Crippen molar-refractivity contribution in [1.82, 2.24) is 9.97 Å². The molecule has 180 valence electrons. The Bertz CT molecular complexity index is 1260. The monoisotopic (exact) mass is 520 g/mol. The first-order valence-corrected chi connectivity index (χ1v) is 11.3. The van der Waals surface area contributed by atoms with Crippen LogP contribution in [0.3, 0.4) is 0 Å². The van der Waals surface area contributed by atoms with Crippen LogP contribution in [0.4, 0.5) is 21.0 Å². The Morgan fingerprint density at radius 2 is 0.972 bits per heavy atom. The molecule has 2 aromatic heterocycles. The molecule has 4 aromatic rings. The van der Waals surface area contributed by atoms with Crippen molar-refractivity contribution in [2.24, 2.45) is 0 Å². The summed E-state index contributed by atoms with van der Waals surface area (Å²) in [5.74, 6) is -0.237. The van der Waals surface area contributed by atoms with Crippen LogP contribution in [-0.4, -0.2) is 22.2 Å². The molecule has 2 amide bonds. The Morgan fingerprint density at radius 3 is 1.31 bits per heavy atom. The summed E-state index contributed by atoms with van der Waals surface area (Å²) in [4.78, 5) is 34.1. The van der Waals surface area contributed by atoms with Gasteiger partial charge >= 0.3 is 12.2 Å². The second-order valence-electron chi connectivity index (χ2n) is 7.13. The fraction of sp³-hybridized carbons (Fsp3) is 0. The van der Waals surface area contributed by atoms with Gasteiger partial charge in [0.15, 0.2) is 0 Å². The van der Waals surface area contributed by atoms with Crippen molar-refractivity contribution in [1.29, 1.82) is 0 Å². The summed E-state index contributed by atoms with van der Waals surface area (Å²) >= 11 is 11.8. The van der Waals surface area contributed by atoms with Gasteiger partial charge in [-0.1, -0.05) is 35.3 Å². The van der Waals surface area contributed by atoms with E-state index in [1.165, 1.54) is 12.4 Å². The molecule has 8 nitrogen and oxygen atoms in total. The van der Waals surface area contributed by atoms with Crippen molar-refractivity contribution in [2.45, 2.75) is 0 Å². The van der Waals surface area contributed by atoms with Gasteiger partial charge in [0.2, 0.25) is 11.5 Å². The summed E-state index contributed by atoms with van der Waals surface area (Å²) in [5, 5.41) is 6.24. The minimum absolute atomic E-state index is 0.119. The van der Waals surface area contributed by atoms with E-state index in [0.717, 1.165) is 0 Å². The summed E-state index contributed by atoms with van der Waals surface area (Å²) < 4.78 is 11.3. The van der Waals surface area contributed by atoms with Gasteiger partial charge in [-0.15, -0.1) is 0 Å². The van der Waals surface area contributed by atoms with Gasteiger partial charge in [0.25, 0.3) is 0 Å².